The molecule has 9 heteroatoms. The minimum Gasteiger partial charge on any atom is -0.410 e. The van der Waals surface area contributed by atoms with Crippen molar-refractivity contribution in [1.29, 1.82) is 10.5 Å². The molecule has 0 spiro atoms. The van der Waals surface area contributed by atoms with Crippen LogP contribution in [-0.4, -0.2) is 40.8 Å². The van der Waals surface area contributed by atoms with Crippen molar-refractivity contribution in [3.8, 4) is 23.4 Å². The number of nitrogens with one attached hydrogen (secondary N) is 1. The SMILES string of the molecule is Cc1ccc(C#N)cc1Nc1nccc(-c2cc(C#N)c3c(c2)[C@@](C)(C(C)(C)O)CN3[B]C=O)n1. The van der Waals surface area contributed by atoms with E-state index >= 15 is 0 Å². The van der Waals surface area contributed by atoms with Crippen molar-refractivity contribution in [1.82, 2.24) is 9.97 Å². The standard InChI is InChI=1S/C26H24BN6O2/c1-16-5-6-17(12-28)9-22(16)32-24-30-8-7-21(31-24)18-10-19(13-29)23-20(11-18)26(4,25(2,3)35)14-33(23)27-15-34/h5-11,15,35H,14H2,1-4H3,(H,30,31,32)/t26-/m0/s1. The van der Waals surface area contributed by atoms with Crippen LogP contribution in [0.5, 0.6) is 0 Å². The molecule has 1 aromatic heterocycles. The zero-order chi connectivity index (χ0) is 25.4. The molecule has 1 atom stereocenters. The highest BCUT2D eigenvalue weighted by Crippen LogP contribution is 2.49. The molecule has 0 fully saturated rings. The first kappa shape index (κ1) is 23.9. The van der Waals surface area contributed by atoms with Crippen LogP contribution >= 0.6 is 0 Å². The molecule has 4 rings (SSSR count). The zero-order valence-corrected chi connectivity index (χ0v) is 20.0. The fraction of sp³-hybridized carbons (Fsp3) is 0.269. The van der Waals surface area contributed by atoms with E-state index < -0.39 is 11.0 Å². The molecule has 2 aromatic carbocycles. The highest BCUT2D eigenvalue weighted by atomic mass is 16.3. The molecule has 35 heavy (non-hydrogen) atoms. The lowest BCUT2D eigenvalue weighted by atomic mass is 9.71. The Bertz CT molecular complexity index is 1400. The minimum absolute atomic E-state index is 0.348. The Labute approximate surface area is 205 Å². The topological polar surface area (TPSA) is 126 Å². The van der Waals surface area contributed by atoms with Crippen molar-refractivity contribution >= 4 is 30.9 Å². The molecule has 0 saturated heterocycles. The number of carbonyl (C=O) groups is 1. The smallest absolute Gasteiger partial charge is 0.329 e. The third-order valence-corrected chi connectivity index (χ3v) is 6.75. The Kier molecular flexibility index (Phi) is 6.06. The second-order valence-electron chi connectivity index (χ2n) is 9.37. The molecule has 0 bridgehead atoms. The van der Waals surface area contributed by atoms with Gasteiger partial charge in [-0.25, -0.2) is 9.97 Å². The molecular formula is C26H24BN6O2. The number of rotatable bonds is 6. The molecule has 8 nitrogen and oxygen atoms in total. The third kappa shape index (κ3) is 4.23. The van der Waals surface area contributed by atoms with Gasteiger partial charge in [0.25, 0.3) is 0 Å². The van der Waals surface area contributed by atoms with Crippen molar-refractivity contribution in [2.24, 2.45) is 0 Å². The van der Waals surface area contributed by atoms with Crippen LogP contribution in [0.4, 0.5) is 17.3 Å². The summed E-state index contributed by atoms with van der Waals surface area (Å²) in [5.74, 6) is 0.348. The van der Waals surface area contributed by atoms with Gasteiger partial charge in [0.05, 0.1) is 28.5 Å². The van der Waals surface area contributed by atoms with E-state index in [1.54, 1.807) is 49.1 Å². The maximum Gasteiger partial charge on any atom is 0.329 e. The van der Waals surface area contributed by atoms with Gasteiger partial charge in [-0.2, -0.15) is 10.5 Å². The Hall–Kier alpha value is -4.21. The average molecular weight is 463 g/mol. The van der Waals surface area contributed by atoms with Crippen molar-refractivity contribution in [2.45, 2.75) is 38.7 Å². The van der Waals surface area contributed by atoms with Gasteiger partial charge in [-0.3, -0.25) is 0 Å². The predicted molar refractivity (Wildman–Crippen MR) is 135 cm³/mol. The first-order chi connectivity index (χ1) is 16.6. The van der Waals surface area contributed by atoms with Crippen molar-refractivity contribution in [3.63, 3.8) is 0 Å². The van der Waals surface area contributed by atoms with Gasteiger partial charge >= 0.3 is 7.41 Å². The number of hydrogen-bond acceptors (Lipinski definition) is 8. The summed E-state index contributed by atoms with van der Waals surface area (Å²) in [5, 5.41) is 33.4. The van der Waals surface area contributed by atoms with E-state index in [1.807, 2.05) is 26.0 Å². The number of aliphatic hydroxyl groups is 1. The number of anilines is 3. The van der Waals surface area contributed by atoms with Crippen LogP contribution in [0.15, 0.2) is 42.6 Å². The second-order valence-corrected chi connectivity index (χ2v) is 9.37. The third-order valence-electron chi connectivity index (χ3n) is 6.75. The van der Waals surface area contributed by atoms with E-state index in [-0.39, 0.29) is 0 Å². The van der Waals surface area contributed by atoms with Crippen molar-refractivity contribution in [3.05, 3.63) is 64.8 Å². The van der Waals surface area contributed by atoms with Gasteiger partial charge < -0.3 is 20.0 Å². The number of nitrogens with zero attached hydrogens (tertiary/aromatic N) is 5. The molecule has 1 aliphatic heterocycles. The van der Waals surface area contributed by atoms with Gasteiger partial charge in [-0.05, 0) is 62.2 Å². The number of aryl methyl sites for hydroxylation is 1. The van der Waals surface area contributed by atoms with Gasteiger partial charge in [0.1, 0.15) is 12.3 Å². The molecule has 1 radical (unpaired) electrons. The molecule has 0 aliphatic carbocycles. The molecule has 0 unspecified atom stereocenters. The molecule has 1 aliphatic rings. The van der Waals surface area contributed by atoms with E-state index in [4.69, 9.17) is 0 Å². The van der Waals surface area contributed by atoms with Crippen molar-refractivity contribution < 1.29 is 9.90 Å². The van der Waals surface area contributed by atoms with Crippen molar-refractivity contribution in [2.75, 3.05) is 16.7 Å². The van der Waals surface area contributed by atoms with E-state index in [9.17, 15) is 20.4 Å². The van der Waals surface area contributed by atoms with Crippen LogP contribution in [0.1, 0.15) is 43.0 Å². The lowest BCUT2D eigenvalue weighted by molar-refractivity contribution is 0.00924. The van der Waals surface area contributed by atoms with Crippen LogP contribution in [0.2, 0.25) is 0 Å². The van der Waals surface area contributed by atoms with Gasteiger partial charge in [-0.15, -0.1) is 0 Å². The van der Waals surface area contributed by atoms with Gasteiger partial charge in [0, 0.05) is 35.1 Å². The maximum atomic E-state index is 11.3. The summed E-state index contributed by atoms with van der Waals surface area (Å²) < 4.78 is 0. The molecule has 173 valence electrons. The number of aromatic nitrogens is 2. The summed E-state index contributed by atoms with van der Waals surface area (Å²) >= 11 is 0. The monoisotopic (exact) mass is 463 g/mol. The molecule has 2 N–H and O–H groups in total. The fourth-order valence-electron chi connectivity index (χ4n) is 4.35. The number of fused-ring (bicyclic) bond motifs is 1. The lowest BCUT2D eigenvalue weighted by Crippen LogP contribution is -2.48. The lowest BCUT2D eigenvalue weighted by Gasteiger charge is -2.38. The van der Waals surface area contributed by atoms with Gasteiger partial charge in [-0.1, -0.05) is 13.0 Å². The first-order valence-electron chi connectivity index (χ1n) is 11.1. The van der Waals surface area contributed by atoms with E-state index in [1.165, 1.54) is 7.41 Å². The molecule has 0 amide bonds. The fourth-order valence-corrected chi connectivity index (χ4v) is 4.35. The van der Waals surface area contributed by atoms with Crippen LogP contribution in [0.25, 0.3) is 11.3 Å². The Morgan fingerprint density at radius 3 is 2.66 bits per heavy atom. The van der Waals surface area contributed by atoms with E-state index in [0.717, 1.165) is 16.8 Å². The Morgan fingerprint density at radius 1 is 1.23 bits per heavy atom. The molecule has 0 saturated carbocycles. The Balaban J connectivity index is 1.81. The number of carbonyl (C=O) groups excluding carboxylic acids is 1. The predicted octanol–water partition coefficient (Wildman–Crippen LogP) is 3.60. The van der Waals surface area contributed by atoms with Crippen LogP contribution in [0.3, 0.4) is 0 Å². The van der Waals surface area contributed by atoms with Crippen LogP contribution in [0, 0.1) is 29.6 Å². The van der Waals surface area contributed by atoms with Gasteiger partial charge in [0.2, 0.25) is 5.95 Å². The highest BCUT2D eigenvalue weighted by Gasteiger charge is 2.49. The normalized spacial score (nSPS) is 16.7. The minimum atomic E-state index is -1.12. The zero-order valence-electron chi connectivity index (χ0n) is 20.0. The summed E-state index contributed by atoms with van der Waals surface area (Å²) in [4.78, 5) is 22.0. The second kappa shape index (κ2) is 8.86. The average Bonchev–Trinajstić information content (AvgIpc) is 3.13. The van der Waals surface area contributed by atoms with Crippen LogP contribution < -0.4 is 10.1 Å². The Morgan fingerprint density at radius 2 is 2.00 bits per heavy atom. The summed E-state index contributed by atoms with van der Waals surface area (Å²) in [5.41, 5.74) is 3.36. The summed E-state index contributed by atoms with van der Waals surface area (Å²) in [6, 6.07) is 15.1. The summed E-state index contributed by atoms with van der Waals surface area (Å²) in [7, 11) is 1.39. The number of benzene rings is 2. The highest BCUT2D eigenvalue weighted by molar-refractivity contribution is 6.70. The first-order valence-corrected chi connectivity index (χ1v) is 11.1. The number of hydrogen-bond donors (Lipinski definition) is 2. The summed E-state index contributed by atoms with van der Waals surface area (Å²) in [6.45, 7) is 7.66. The number of nitriles is 2. The largest absolute Gasteiger partial charge is 0.410 e. The molecular weight excluding hydrogens is 439 g/mol. The maximum absolute atomic E-state index is 11.3. The molecule has 3 aromatic rings. The van der Waals surface area contributed by atoms with Crippen LogP contribution in [-0.2, 0) is 10.2 Å². The van der Waals surface area contributed by atoms with E-state index in [0.29, 0.717) is 46.8 Å². The summed E-state index contributed by atoms with van der Waals surface area (Å²) in [6.07, 6.45) is 2.30. The van der Waals surface area contributed by atoms with Gasteiger partial charge in [0.15, 0.2) is 0 Å². The van der Waals surface area contributed by atoms with E-state index in [2.05, 4.69) is 27.4 Å². The quantitative estimate of drug-likeness (QED) is 0.420. The molecule has 2 heterocycles.